The molecule has 0 unspecified atom stereocenters. The van der Waals surface area contributed by atoms with E-state index in [0.717, 1.165) is 0 Å². The van der Waals surface area contributed by atoms with Crippen molar-refractivity contribution in [3.05, 3.63) is 46.8 Å². The lowest BCUT2D eigenvalue weighted by atomic mass is 10.1. The molecule has 0 atom stereocenters. The van der Waals surface area contributed by atoms with Gasteiger partial charge in [-0.2, -0.15) is 0 Å². The predicted molar refractivity (Wildman–Crippen MR) is 104 cm³/mol. The fraction of sp³-hybridized carbons (Fsp3) is 0.250. The third-order valence-corrected chi connectivity index (χ3v) is 3.72. The van der Waals surface area contributed by atoms with Gasteiger partial charge in [0.2, 0.25) is 17.1 Å². The molecule has 8 heteroatoms. The molecule has 2 heterocycles. The van der Waals surface area contributed by atoms with Crippen LogP contribution in [-0.2, 0) is 4.74 Å². The van der Waals surface area contributed by atoms with Crippen LogP contribution in [0, 0.1) is 0 Å². The van der Waals surface area contributed by atoms with Crippen LogP contribution in [-0.4, -0.2) is 28.9 Å². The number of nitrogens with zero attached hydrogens (tertiary/aromatic N) is 1. The van der Waals surface area contributed by atoms with Crippen molar-refractivity contribution in [3.8, 4) is 23.0 Å². The number of aromatic hydroxyl groups is 1. The molecular weight excluding hydrogens is 364 g/mol. The maximum Gasteiger partial charge on any atom is 0.412 e. The first-order chi connectivity index (χ1) is 13.2. The zero-order valence-corrected chi connectivity index (χ0v) is 15.9. The minimum absolute atomic E-state index is 0.000467. The summed E-state index contributed by atoms with van der Waals surface area (Å²) in [4.78, 5) is 28.6. The Morgan fingerprint density at radius 2 is 1.96 bits per heavy atom. The van der Waals surface area contributed by atoms with Gasteiger partial charge in [-0.15, -0.1) is 0 Å². The van der Waals surface area contributed by atoms with Crippen LogP contribution in [0.15, 0.2) is 45.7 Å². The van der Waals surface area contributed by atoms with Crippen LogP contribution in [0.5, 0.6) is 11.6 Å². The molecule has 0 aliphatic heterocycles. The number of hydrogen-bond acceptors (Lipinski definition) is 7. The first-order valence-electron chi connectivity index (χ1n) is 8.48. The average Bonchev–Trinajstić information content (AvgIpc) is 2.63. The van der Waals surface area contributed by atoms with Gasteiger partial charge in [0.15, 0.2) is 5.76 Å². The number of aromatic nitrogens is 1. The highest BCUT2D eigenvalue weighted by atomic mass is 16.6. The summed E-state index contributed by atoms with van der Waals surface area (Å²) in [6, 6.07) is 7.73. The Morgan fingerprint density at radius 1 is 1.21 bits per heavy atom. The lowest BCUT2D eigenvalue weighted by Crippen LogP contribution is -2.27. The van der Waals surface area contributed by atoms with Gasteiger partial charge in [-0.25, -0.2) is 9.78 Å². The van der Waals surface area contributed by atoms with Crippen LogP contribution in [0.1, 0.15) is 20.8 Å². The van der Waals surface area contributed by atoms with Crippen molar-refractivity contribution >= 4 is 22.7 Å². The summed E-state index contributed by atoms with van der Waals surface area (Å²) in [5.41, 5.74) is -0.261. The third kappa shape index (κ3) is 4.06. The third-order valence-electron chi connectivity index (χ3n) is 3.72. The zero-order chi connectivity index (χ0) is 20.5. The number of carbonyl (C=O) groups excluding carboxylic acids is 1. The molecule has 0 fully saturated rings. The van der Waals surface area contributed by atoms with Gasteiger partial charge in [0.05, 0.1) is 12.5 Å². The lowest BCUT2D eigenvalue weighted by molar-refractivity contribution is 0.0636. The lowest BCUT2D eigenvalue weighted by Gasteiger charge is -2.19. The molecule has 3 aromatic rings. The maximum atomic E-state index is 12.6. The molecule has 8 nitrogen and oxygen atoms in total. The summed E-state index contributed by atoms with van der Waals surface area (Å²) in [6.45, 7) is 5.24. The van der Waals surface area contributed by atoms with Crippen molar-refractivity contribution in [1.82, 2.24) is 4.98 Å². The molecule has 2 aromatic heterocycles. The van der Waals surface area contributed by atoms with E-state index in [-0.39, 0.29) is 16.7 Å². The van der Waals surface area contributed by atoms with Gasteiger partial charge in [0.1, 0.15) is 11.2 Å². The standard InChI is InChI=1S/C20H20N2O6/c1-20(2,3)28-19(25)22-12-6-7-14-13(9-12)16(23)17(24)18(27-14)11-5-8-15(26-4)21-10-11/h5-10,24H,1-4H3,(H,22,25). The molecule has 0 saturated heterocycles. The second-order valence-corrected chi connectivity index (χ2v) is 7.04. The van der Waals surface area contributed by atoms with Gasteiger partial charge in [-0.3, -0.25) is 10.1 Å². The van der Waals surface area contributed by atoms with Crippen molar-refractivity contribution in [3.63, 3.8) is 0 Å². The van der Waals surface area contributed by atoms with E-state index in [4.69, 9.17) is 13.9 Å². The van der Waals surface area contributed by atoms with Gasteiger partial charge in [0.25, 0.3) is 0 Å². The number of methoxy groups -OCH3 is 1. The molecule has 1 aromatic carbocycles. The van der Waals surface area contributed by atoms with Gasteiger partial charge < -0.3 is 19.0 Å². The number of hydrogen-bond donors (Lipinski definition) is 2. The summed E-state index contributed by atoms with van der Waals surface area (Å²) in [6.07, 6.45) is 0.780. The molecule has 0 saturated carbocycles. The van der Waals surface area contributed by atoms with Crippen molar-refractivity contribution in [2.24, 2.45) is 0 Å². The van der Waals surface area contributed by atoms with E-state index in [1.54, 1.807) is 39.0 Å². The molecule has 146 valence electrons. The minimum Gasteiger partial charge on any atom is -0.502 e. The van der Waals surface area contributed by atoms with Crippen LogP contribution in [0.4, 0.5) is 10.5 Å². The van der Waals surface area contributed by atoms with E-state index >= 15 is 0 Å². The summed E-state index contributed by atoms with van der Waals surface area (Å²) < 4.78 is 15.9. The molecule has 3 rings (SSSR count). The predicted octanol–water partition coefficient (Wildman–Crippen LogP) is 3.92. The Bertz CT molecular complexity index is 1080. The fourth-order valence-electron chi connectivity index (χ4n) is 2.52. The minimum atomic E-state index is -0.653. The smallest absolute Gasteiger partial charge is 0.412 e. The van der Waals surface area contributed by atoms with Crippen molar-refractivity contribution in [2.75, 3.05) is 12.4 Å². The van der Waals surface area contributed by atoms with E-state index in [1.165, 1.54) is 25.4 Å². The van der Waals surface area contributed by atoms with Gasteiger partial charge >= 0.3 is 6.09 Å². The molecule has 0 aliphatic carbocycles. The number of anilines is 1. The fourth-order valence-corrected chi connectivity index (χ4v) is 2.52. The van der Waals surface area contributed by atoms with Gasteiger partial charge in [-0.1, -0.05) is 0 Å². The molecular formula is C20H20N2O6. The molecule has 28 heavy (non-hydrogen) atoms. The van der Waals surface area contributed by atoms with Crippen LogP contribution in [0.3, 0.4) is 0 Å². The first-order valence-corrected chi connectivity index (χ1v) is 8.48. The number of pyridine rings is 1. The quantitative estimate of drug-likeness (QED) is 0.704. The van der Waals surface area contributed by atoms with E-state index in [0.29, 0.717) is 17.1 Å². The maximum absolute atomic E-state index is 12.6. The van der Waals surface area contributed by atoms with Crippen molar-refractivity contribution in [1.29, 1.82) is 0 Å². The monoisotopic (exact) mass is 384 g/mol. The Hall–Kier alpha value is -3.55. The summed E-state index contributed by atoms with van der Waals surface area (Å²) in [7, 11) is 1.48. The van der Waals surface area contributed by atoms with Crippen molar-refractivity contribution in [2.45, 2.75) is 26.4 Å². The van der Waals surface area contributed by atoms with Gasteiger partial charge in [0, 0.05) is 23.5 Å². The first kappa shape index (κ1) is 19.2. The Balaban J connectivity index is 1.98. The number of rotatable bonds is 3. The second-order valence-electron chi connectivity index (χ2n) is 7.04. The van der Waals surface area contributed by atoms with E-state index in [1.807, 2.05) is 0 Å². The van der Waals surface area contributed by atoms with Crippen LogP contribution in [0.25, 0.3) is 22.3 Å². The van der Waals surface area contributed by atoms with Crippen LogP contribution < -0.4 is 15.5 Å². The average molecular weight is 384 g/mol. The molecule has 0 spiro atoms. The summed E-state index contributed by atoms with van der Waals surface area (Å²) >= 11 is 0. The Labute approximate surface area is 160 Å². The number of carbonyl (C=O) groups is 1. The zero-order valence-electron chi connectivity index (χ0n) is 15.9. The van der Waals surface area contributed by atoms with Crippen LogP contribution in [0.2, 0.25) is 0 Å². The SMILES string of the molecule is COc1ccc(-c2oc3ccc(NC(=O)OC(C)(C)C)cc3c(=O)c2O)cn1. The number of fused-ring (bicyclic) bond motifs is 1. The van der Waals surface area contributed by atoms with Gasteiger partial charge in [-0.05, 0) is 45.0 Å². The highest BCUT2D eigenvalue weighted by Crippen LogP contribution is 2.31. The molecule has 0 bridgehead atoms. The molecule has 0 aliphatic rings. The topological polar surface area (TPSA) is 111 Å². The molecule has 2 N–H and O–H groups in total. The summed E-state index contributed by atoms with van der Waals surface area (Å²) in [5.74, 6) is -0.154. The normalized spacial score (nSPS) is 11.3. The number of amides is 1. The van der Waals surface area contributed by atoms with Crippen LogP contribution >= 0.6 is 0 Å². The Morgan fingerprint density at radius 3 is 2.57 bits per heavy atom. The largest absolute Gasteiger partial charge is 0.502 e. The van der Waals surface area contributed by atoms with E-state index in [9.17, 15) is 14.7 Å². The number of nitrogens with one attached hydrogen (secondary N) is 1. The van der Waals surface area contributed by atoms with Crippen molar-refractivity contribution < 1.29 is 23.8 Å². The number of ether oxygens (including phenoxy) is 2. The highest BCUT2D eigenvalue weighted by molar-refractivity contribution is 5.90. The van der Waals surface area contributed by atoms with E-state index < -0.39 is 22.9 Å². The molecule has 1 amide bonds. The highest BCUT2D eigenvalue weighted by Gasteiger charge is 2.18. The second kappa shape index (κ2) is 7.22. The van der Waals surface area contributed by atoms with E-state index in [2.05, 4.69) is 10.3 Å². The Kier molecular flexibility index (Phi) is 4.96. The summed E-state index contributed by atoms with van der Waals surface area (Å²) in [5, 5.41) is 13.0. The number of benzene rings is 1. The molecule has 0 radical (unpaired) electrons.